The molecule has 1 aliphatic carbocycles. The van der Waals surface area contributed by atoms with Crippen molar-refractivity contribution in [2.75, 3.05) is 13.2 Å². The van der Waals surface area contributed by atoms with Crippen molar-refractivity contribution in [3.05, 3.63) is 35.9 Å². The molecule has 2 amide bonds. The second-order valence-corrected chi connectivity index (χ2v) is 7.02. The molecule has 0 bridgehead atoms. The summed E-state index contributed by atoms with van der Waals surface area (Å²) in [7, 11) is 0. The first kappa shape index (κ1) is 17.0. The van der Waals surface area contributed by atoms with Crippen LogP contribution in [0.3, 0.4) is 0 Å². The van der Waals surface area contributed by atoms with Crippen molar-refractivity contribution in [3.8, 4) is 0 Å². The van der Waals surface area contributed by atoms with E-state index in [0.717, 1.165) is 5.56 Å². The summed E-state index contributed by atoms with van der Waals surface area (Å²) in [6.07, 6.45) is 2.96. The van der Waals surface area contributed by atoms with Crippen molar-refractivity contribution < 1.29 is 14.3 Å². The van der Waals surface area contributed by atoms with Gasteiger partial charge in [0.25, 0.3) is 5.91 Å². The predicted octanol–water partition coefficient (Wildman–Crippen LogP) is 2.28. The van der Waals surface area contributed by atoms with E-state index >= 15 is 0 Å². The van der Waals surface area contributed by atoms with Crippen molar-refractivity contribution in [1.29, 1.82) is 0 Å². The lowest BCUT2D eigenvalue weighted by Crippen LogP contribution is -2.56. The van der Waals surface area contributed by atoms with Gasteiger partial charge in [-0.2, -0.15) is 0 Å². The first-order chi connectivity index (χ1) is 11.6. The van der Waals surface area contributed by atoms with Crippen LogP contribution in [0.1, 0.15) is 44.7 Å². The van der Waals surface area contributed by atoms with Crippen LogP contribution in [0, 0.1) is 5.92 Å². The Labute approximate surface area is 143 Å². The van der Waals surface area contributed by atoms with Crippen LogP contribution in [0.2, 0.25) is 0 Å². The van der Waals surface area contributed by atoms with Gasteiger partial charge in [-0.05, 0) is 38.2 Å². The number of nitrogens with zero attached hydrogens (tertiary/aromatic N) is 1. The molecule has 1 N–H and O–H groups in total. The van der Waals surface area contributed by atoms with E-state index in [2.05, 4.69) is 5.32 Å². The largest absolute Gasteiger partial charge is 0.356 e. The van der Waals surface area contributed by atoms with Crippen LogP contribution >= 0.6 is 0 Å². The number of morpholine rings is 1. The van der Waals surface area contributed by atoms with Crippen molar-refractivity contribution in [2.45, 2.75) is 51.3 Å². The molecule has 24 heavy (non-hydrogen) atoms. The van der Waals surface area contributed by atoms with Gasteiger partial charge >= 0.3 is 0 Å². The first-order valence-corrected chi connectivity index (χ1v) is 8.83. The SMILES string of the molecule is CC(C)N1C(=O)CO[C@H](C(=O)NCC2CCC2)[C@H]1c1ccccc1. The summed E-state index contributed by atoms with van der Waals surface area (Å²) in [5.41, 5.74) is 0.933. The highest BCUT2D eigenvalue weighted by Crippen LogP contribution is 2.32. The Morgan fingerprint density at radius 3 is 2.58 bits per heavy atom. The van der Waals surface area contributed by atoms with Crippen molar-refractivity contribution in [2.24, 2.45) is 5.92 Å². The quantitative estimate of drug-likeness (QED) is 0.901. The maximum Gasteiger partial charge on any atom is 0.251 e. The van der Waals surface area contributed by atoms with Gasteiger partial charge in [0.05, 0.1) is 6.04 Å². The summed E-state index contributed by atoms with van der Waals surface area (Å²) in [6, 6.07) is 9.32. The van der Waals surface area contributed by atoms with Crippen LogP contribution in [0.4, 0.5) is 0 Å². The lowest BCUT2D eigenvalue weighted by atomic mass is 9.85. The standard InChI is InChI=1S/C19H26N2O3/c1-13(2)21-16(22)12-24-18(17(21)15-9-4-3-5-10-15)19(23)20-11-14-7-6-8-14/h3-5,9-10,13-14,17-18H,6-8,11-12H2,1-2H3,(H,20,23)/t17-,18+/m1/s1. The number of hydrogen-bond acceptors (Lipinski definition) is 3. The van der Waals surface area contributed by atoms with Gasteiger partial charge < -0.3 is 15.0 Å². The zero-order chi connectivity index (χ0) is 17.1. The summed E-state index contributed by atoms with van der Waals surface area (Å²) in [5.74, 6) is 0.409. The van der Waals surface area contributed by atoms with Crippen LogP contribution in [0.15, 0.2) is 30.3 Å². The molecule has 0 spiro atoms. The molecule has 2 atom stereocenters. The highest BCUT2D eigenvalue weighted by molar-refractivity contribution is 5.86. The number of carbonyl (C=O) groups excluding carboxylic acids is 2. The molecule has 1 aromatic carbocycles. The van der Waals surface area contributed by atoms with Gasteiger partial charge in [-0.15, -0.1) is 0 Å². The Hall–Kier alpha value is -1.88. The van der Waals surface area contributed by atoms with E-state index in [0.29, 0.717) is 12.5 Å². The van der Waals surface area contributed by atoms with Gasteiger partial charge in [0.15, 0.2) is 6.10 Å². The fourth-order valence-electron chi connectivity index (χ4n) is 3.48. The van der Waals surface area contributed by atoms with Crippen LogP contribution in [-0.4, -0.2) is 42.0 Å². The van der Waals surface area contributed by atoms with Gasteiger partial charge in [0, 0.05) is 12.6 Å². The number of hydrogen-bond donors (Lipinski definition) is 1. The molecule has 1 aliphatic heterocycles. The van der Waals surface area contributed by atoms with E-state index in [4.69, 9.17) is 4.74 Å². The molecule has 130 valence electrons. The molecule has 0 aromatic heterocycles. The monoisotopic (exact) mass is 330 g/mol. The molecule has 1 heterocycles. The second-order valence-electron chi connectivity index (χ2n) is 7.02. The molecule has 1 aromatic rings. The average molecular weight is 330 g/mol. The van der Waals surface area contributed by atoms with E-state index in [-0.39, 0.29) is 30.5 Å². The average Bonchev–Trinajstić information content (AvgIpc) is 2.53. The summed E-state index contributed by atoms with van der Waals surface area (Å²) < 4.78 is 5.68. The lowest BCUT2D eigenvalue weighted by molar-refractivity contribution is -0.167. The van der Waals surface area contributed by atoms with Crippen LogP contribution in [0.5, 0.6) is 0 Å². The zero-order valence-corrected chi connectivity index (χ0v) is 14.4. The minimum absolute atomic E-state index is 0.00791. The minimum Gasteiger partial charge on any atom is -0.356 e. The Kier molecular flexibility index (Phi) is 5.19. The van der Waals surface area contributed by atoms with Crippen LogP contribution in [-0.2, 0) is 14.3 Å². The summed E-state index contributed by atoms with van der Waals surface area (Å²) in [5, 5.41) is 3.03. The van der Waals surface area contributed by atoms with Gasteiger partial charge in [-0.1, -0.05) is 36.8 Å². The number of ether oxygens (including phenoxy) is 1. The third-order valence-electron chi connectivity index (χ3n) is 5.01. The number of amides is 2. The second kappa shape index (κ2) is 7.34. The van der Waals surface area contributed by atoms with Crippen molar-refractivity contribution in [1.82, 2.24) is 10.2 Å². The Morgan fingerprint density at radius 2 is 2.00 bits per heavy atom. The number of nitrogens with one attached hydrogen (secondary N) is 1. The molecule has 1 saturated carbocycles. The smallest absolute Gasteiger partial charge is 0.251 e. The molecule has 2 aliphatic rings. The Balaban J connectivity index is 1.81. The summed E-state index contributed by atoms with van der Waals surface area (Å²) in [4.78, 5) is 26.9. The predicted molar refractivity (Wildman–Crippen MR) is 91.3 cm³/mol. The Morgan fingerprint density at radius 1 is 1.29 bits per heavy atom. The van der Waals surface area contributed by atoms with E-state index in [1.54, 1.807) is 4.90 Å². The summed E-state index contributed by atoms with van der Waals surface area (Å²) >= 11 is 0. The topological polar surface area (TPSA) is 58.6 Å². The third-order valence-corrected chi connectivity index (χ3v) is 5.01. The van der Waals surface area contributed by atoms with Gasteiger partial charge in [0.2, 0.25) is 5.91 Å². The molecular formula is C19H26N2O3. The molecule has 1 saturated heterocycles. The zero-order valence-electron chi connectivity index (χ0n) is 14.4. The molecular weight excluding hydrogens is 304 g/mol. The molecule has 5 nitrogen and oxygen atoms in total. The van der Waals surface area contributed by atoms with Crippen LogP contribution < -0.4 is 5.32 Å². The molecule has 2 fully saturated rings. The lowest BCUT2D eigenvalue weighted by Gasteiger charge is -2.43. The number of rotatable bonds is 5. The number of carbonyl (C=O) groups is 2. The normalized spacial score (nSPS) is 24.8. The highest BCUT2D eigenvalue weighted by atomic mass is 16.5. The van der Waals surface area contributed by atoms with Crippen LogP contribution in [0.25, 0.3) is 0 Å². The molecule has 0 radical (unpaired) electrons. The van der Waals surface area contributed by atoms with Gasteiger partial charge in [0.1, 0.15) is 6.61 Å². The first-order valence-electron chi connectivity index (χ1n) is 8.83. The van der Waals surface area contributed by atoms with E-state index in [1.807, 2.05) is 44.2 Å². The Bertz CT molecular complexity index is 584. The van der Waals surface area contributed by atoms with Gasteiger partial charge in [-0.3, -0.25) is 9.59 Å². The van der Waals surface area contributed by atoms with E-state index < -0.39 is 6.10 Å². The number of benzene rings is 1. The molecule has 0 unspecified atom stereocenters. The van der Waals surface area contributed by atoms with Gasteiger partial charge in [-0.25, -0.2) is 0 Å². The molecule has 3 rings (SSSR count). The maximum atomic E-state index is 12.7. The van der Waals surface area contributed by atoms with Crippen molar-refractivity contribution in [3.63, 3.8) is 0 Å². The van der Waals surface area contributed by atoms with E-state index in [9.17, 15) is 9.59 Å². The molecule has 5 heteroatoms. The third kappa shape index (κ3) is 3.46. The van der Waals surface area contributed by atoms with E-state index in [1.165, 1.54) is 19.3 Å². The fraction of sp³-hybridized carbons (Fsp3) is 0.579. The maximum absolute atomic E-state index is 12.7. The minimum atomic E-state index is -0.660. The fourth-order valence-corrected chi connectivity index (χ4v) is 3.48. The van der Waals surface area contributed by atoms with Crippen molar-refractivity contribution >= 4 is 11.8 Å². The summed E-state index contributed by atoms with van der Waals surface area (Å²) in [6.45, 7) is 4.61. The highest BCUT2D eigenvalue weighted by Gasteiger charge is 2.42.